The van der Waals surface area contributed by atoms with E-state index in [0.717, 1.165) is 25.7 Å². The van der Waals surface area contributed by atoms with Crippen molar-refractivity contribution in [2.24, 2.45) is 0 Å². The van der Waals surface area contributed by atoms with E-state index >= 15 is 0 Å². The molecule has 1 aliphatic carbocycles. The van der Waals surface area contributed by atoms with E-state index in [4.69, 9.17) is 4.98 Å². The second kappa shape index (κ2) is 5.78. The molecular formula is C17H21N3S. The maximum absolute atomic E-state index is 4.97. The lowest BCUT2D eigenvalue weighted by Gasteiger charge is -2.12. The van der Waals surface area contributed by atoms with Crippen LogP contribution in [0, 0.1) is 0 Å². The second-order valence-corrected chi connectivity index (χ2v) is 7.05. The van der Waals surface area contributed by atoms with Crippen molar-refractivity contribution in [3.8, 4) is 11.3 Å². The van der Waals surface area contributed by atoms with Crippen molar-refractivity contribution in [1.29, 1.82) is 0 Å². The van der Waals surface area contributed by atoms with Crippen LogP contribution < -0.4 is 10.2 Å². The Morgan fingerprint density at radius 3 is 2.62 bits per heavy atom. The molecule has 1 aromatic heterocycles. The average molecular weight is 299 g/mol. The molecule has 0 spiro atoms. The number of anilines is 1. The molecule has 3 nitrogen and oxygen atoms in total. The number of rotatable bonds is 5. The summed E-state index contributed by atoms with van der Waals surface area (Å²) in [5.74, 6) is 0. The minimum absolute atomic E-state index is 0.742. The molecule has 1 saturated heterocycles. The monoisotopic (exact) mass is 299 g/mol. The van der Waals surface area contributed by atoms with E-state index in [1.807, 2.05) is 11.3 Å². The van der Waals surface area contributed by atoms with E-state index in [0.29, 0.717) is 0 Å². The number of nitrogens with one attached hydrogen (secondary N) is 1. The van der Waals surface area contributed by atoms with Crippen LogP contribution in [0.4, 0.5) is 5.13 Å². The van der Waals surface area contributed by atoms with Gasteiger partial charge >= 0.3 is 0 Å². The van der Waals surface area contributed by atoms with Crippen molar-refractivity contribution in [3.63, 3.8) is 0 Å². The van der Waals surface area contributed by atoms with Crippen LogP contribution in [0.25, 0.3) is 11.3 Å². The van der Waals surface area contributed by atoms with Crippen LogP contribution >= 0.6 is 11.3 Å². The third kappa shape index (κ3) is 2.97. The predicted octanol–water partition coefficient (Wildman–Crippen LogP) is 3.66. The lowest BCUT2D eigenvalue weighted by atomic mass is 10.1. The first-order chi connectivity index (χ1) is 10.4. The fourth-order valence-electron chi connectivity index (χ4n) is 2.85. The zero-order valence-corrected chi connectivity index (χ0v) is 13.0. The Morgan fingerprint density at radius 2 is 1.90 bits per heavy atom. The van der Waals surface area contributed by atoms with Gasteiger partial charge in [-0.3, -0.25) is 0 Å². The van der Waals surface area contributed by atoms with Crippen molar-refractivity contribution in [2.75, 3.05) is 18.0 Å². The highest BCUT2D eigenvalue weighted by Gasteiger charge is 2.23. The molecule has 1 saturated carbocycles. The van der Waals surface area contributed by atoms with Crippen molar-refractivity contribution in [2.45, 2.75) is 38.3 Å². The van der Waals surface area contributed by atoms with Crippen LogP contribution in [0.15, 0.2) is 30.3 Å². The van der Waals surface area contributed by atoms with Gasteiger partial charge in [-0.1, -0.05) is 41.7 Å². The van der Waals surface area contributed by atoms with Crippen molar-refractivity contribution < 1.29 is 0 Å². The first-order valence-electron chi connectivity index (χ1n) is 7.93. The zero-order valence-electron chi connectivity index (χ0n) is 12.2. The minimum Gasteiger partial charge on any atom is -0.348 e. The summed E-state index contributed by atoms with van der Waals surface area (Å²) in [7, 11) is 0. The molecule has 0 bridgehead atoms. The quantitative estimate of drug-likeness (QED) is 0.913. The van der Waals surface area contributed by atoms with Crippen LogP contribution in [-0.2, 0) is 6.54 Å². The highest BCUT2D eigenvalue weighted by molar-refractivity contribution is 7.16. The summed E-state index contributed by atoms with van der Waals surface area (Å²) in [5.41, 5.74) is 2.42. The molecule has 2 heterocycles. The van der Waals surface area contributed by atoms with Crippen LogP contribution in [-0.4, -0.2) is 24.1 Å². The average Bonchev–Trinajstić information content (AvgIpc) is 3.03. The highest BCUT2D eigenvalue weighted by Crippen LogP contribution is 2.35. The van der Waals surface area contributed by atoms with Crippen LogP contribution in [0.5, 0.6) is 0 Å². The first-order valence-corrected chi connectivity index (χ1v) is 8.75. The Labute approximate surface area is 130 Å². The van der Waals surface area contributed by atoms with Gasteiger partial charge in [0.1, 0.15) is 0 Å². The Balaban J connectivity index is 1.64. The molecule has 0 unspecified atom stereocenters. The second-order valence-electron chi connectivity index (χ2n) is 5.98. The van der Waals surface area contributed by atoms with E-state index in [-0.39, 0.29) is 0 Å². The number of hydrogen-bond acceptors (Lipinski definition) is 4. The Hall–Kier alpha value is -1.39. The molecule has 0 atom stereocenters. The van der Waals surface area contributed by atoms with Gasteiger partial charge in [-0.25, -0.2) is 4.98 Å². The van der Waals surface area contributed by atoms with E-state index in [2.05, 4.69) is 40.5 Å². The van der Waals surface area contributed by atoms with Crippen molar-refractivity contribution >= 4 is 16.5 Å². The van der Waals surface area contributed by atoms with E-state index in [1.165, 1.54) is 46.9 Å². The number of nitrogens with zero attached hydrogens (tertiary/aromatic N) is 2. The fraction of sp³-hybridized carbons (Fsp3) is 0.471. The molecule has 4 rings (SSSR count). The molecule has 1 aromatic carbocycles. The van der Waals surface area contributed by atoms with Crippen LogP contribution in [0.1, 0.15) is 30.6 Å². The molecule has 2 aromatic rings. The van der Waals surface area contributed by atoms with Crippen LogP contribution in [0.2, 0.25) is 0 Å². The summed E-state index contributed by atoms with van der Waals surface area (Å²) < 4.78 is 0. The number of hydrogen-bond donors (Lipinski definition) is 1. The van der Waals surface area contributed by atoms with Crippen molar-refractivity contribution in [1.82, 2.24) is 10.3 Å². The third-order valence-electron chi connectivity index (χ3n) is 4.24. The van der Waals surface area contributed by atoms with Gasteiger partial charge in [0.25, 0.3) is 0 Å². The predicted molar refractivity (Wildman–Crippen MR) is 88.9 cm³/mol. The third-order valence-corrected chi connectivity index (χ3v) is 5.35. The SMILES string of the molecule is c1ccc(-c2nc(N3CCCC3)sc2CNC2CC2)cc1. The van der Waals surface area contributed by atoms with Gasteiger partial charge in [0.05, 0.1) is 5.69 Å². The number of thiazole rings is 1. The van der Waals surface area contributed by atoms with Gasteiger partial charge in [-0.2, -0.15) is 0 Å². The summed E-state index contributed by atoms with van der Waals surface area (Å²) in [5, 5.41) is 4.85. The Bertz CT molecular complexity index is 598. The minimum atomic E-state index is 0.742. The van der Waals surface area contributed by atoms with Gasteiger partial charge in [0.2, 0.25) is 0 Å². The summed E-state index contributed by atoms with van der Waals surface area (Å²) in [6.07, 6.45) is 5.27. The standard InChI is InChI=1S/C17H21N3S/c1-2-6-13(7-3-1)16-15(12-18-14-8-9-14)21-17(19-16)20-10-4-5-11-20/h1-3,6-7,14,18H,4-5,8-12H2. The molecule has 0 amide bonds. The van der Waals surface area contributed by atoms with Gasteiger partial charge < -0.3 is 10.2 Å². The highest BCUT2D eigenvalue weighted by atomic mass is 32.1. The lowest BCUT2D eigenvalue weighted by molar-refractivity contribution is 0.695. The largest absolute Gasteiger partial charge is 0.348 e. The molecule has 1 N–H and O–H groups in total. The molecule has 4 heteroatoms. The first kappa shape index (κ1) is 13.3. The smallest absolute Gasteiger partial charge is 0.186 e. The summed E-state index contributed by atoms with van der Waals surface area (Å²) in [4.78, 5) is 8.79. The summed E-state index contributed by atoms with van der Waals surface area (Å²) in [6.45, 7) is 3.29. The van der Waals surface area contributed by atoms with Gasteiger partial charge in [-0.05, 0) is 25.7 Å². The topological polar surface area (TPSA) is 28.2 Å². The molecular weight excluding hydrogens is 278 g/mol. The summed E-state index contributed by atoms with van der Waals surface area (Å²) in [6, 6.07) is 11.3. The van der Waals surface area contributed by atoms with Gasteiger partial charge in [-0.15, -0.1) is 0 Å². The molecule has 110 valence electrons. The van der Waals surface area contributed by atoms with Gasteiger partial charge in [0.15, 0.2) is 5.13 Å². The molecule has 21 heavy (non-hydrogen) atoms. The number of aromatic nitrogens is 1. The van der Waals surface area contributed by atoms with Crippen molar-refractivity contribution in [3.05, 3.63) is 35.2 Å². The summed E-state index contributed by atoms with van der Waals surface area (Å²) >= 11 is 1.87. The van der Waals surface area contributed by atoms with Gasteiger partial charge in [0, 0.05) is 36.1 Å². The maximum Gasteiger partial charge on any atom is 0.186 e. The zero-order chi connectivity index (χ0) is 14.1. The van der Waals surface area contributed by atoms with Crippen LogP contribution in [0.3, 0.4) is 0 Å². The molecule has 1 aliphatic heterocycles. The lowest BCUT2D eigenvalue weighted by Crippen LogP contribution is -2.17. The maximum atomic E-state index is 4.97. The van der Waals surface area contributed by atoms with E-state index in [9.17, 15) is 0 Å². The normalized spacial score (nSPS) is 18.4. The van der Waals surface area contributed by atoms with E-state index in [1.54, 1.807) is 0 Å². The molecule has 2 fully saturated rings. The van der Waals surface area contributed by atoms with E-state index < -0.39 is 0 Å². The number of benzene rings is 1. The Morgan fingerprint density at radius 1 is 1.14 bits per heavy atom. The fourth-order valence-corrected chi connectivity index (χ4v) is 3.93. The molecule has 0 radical (unpaired) electrons. The Kier molecular flexibility index (Phi) is 3.65. The molecule has 2 aliphatic rings.